The quantitative estimate of drug-likeness (QED) is 0.937. The van der Waals surface area contributed by atoms with Crippen LogP contribution in [0.25, 0.3) is 10.8 Å². The van der Waals surface area contributed by atoms with Crippen molar-refractivity contribution >= 4 is 22.3 Å². The van der Waals surface area contributed by atoms with Gasteiger partial charge in [0.05, 0.1) is 5.70 Å². The van der Waals surface area contributed by atoms with Gasteiger partial charge in [0.1, 0.15) is 0 Å². The summed E-state index contributed by atoms with van der Waals surface area (Å²) in [6.45, 7) is 0.785. The van der Waals surface area contributed by atoms with Crippen LogP contribution in [-0.2, 0) is 0 Å². The smallest absolute Gasteiger partial charge is 0.209 e. The van der Waals surface area contributed by atoms with Crippen LogP contribution in [0.5, 0.6) is 0 Å². The van der Waals surface area contributed by atoms with Crippen molar-refractivity contribution in [3.8, 4) is 0 Å². The molecule has 0 aliphatic heterocycles. The van der Waals surface area contributed by atoms with Crippen LogP contribution in [0.2, 0.25) is 0 Å². The topological polar surface area (TPSA) is 46.2 Å². The lowest BCUT2D eigenvalue weighted by atomic mass is 9.90. The number of fused-ring (bicyclic) bond motifs is 2. The van der Waals surface area contributed by atoms with E-state index in [0.717, 1.165) is 17.3 Å². The van der Waals surface area contributed by atoms with Gasteiger partial charge >= 0.3 is 0 Å². The fourth-order valence-electron chi connectivity index (χ4n) is 2.76. The average Bonchev–Trinajstić information content (AvgIpc) is 3.32. The summed E-state index contributed by atoms with van der Waals surface area (Å²) in [6, 6.07) is 11.4. The molecule has 0 amide bonds. The van der Waals surface area contributed by atoms with Gasteiger partial charge in [-0.1, -0.05) is 24.3 Å². The van der Waals surface area contributed by atoms with Crippen LogP contribution in [0.4, 0.5) is 0 Å². The molecule has 0 saturated heterocycles. The Bertz CT molecular complexity index is 800. The minimum atomic E-state index is -0.0892. The average molecular weight is 277 g/mol. The van der Waals surface area contributed by atoms with Gasteiger partial charge < -0.3 is 5.32 Å². The molecule has 2 aromatic carbocycles. The predicted octanol–water partition coefficient (Wildman–Crippen LogP) is 3.10. The first-order chi connectivity index (χ1) is 10.2. The van der Waals surface area contributed by atoms with Gasteiger partial charge in [0, 0.05) is 23.7 Å². The third-order valence-electron chi connectivity index (χ3n) is 4.19. The van der Waals surface area contributed by atoms with Crippen LogP contribution in [0, 0.1) is 5.92 Å². The molecule has 104 valence electrons. The third-order valence-corrected chi connectivity index (χ3v) is 4.19. The van der Waals surface area contributed by atoms with E-state index in [0.29, 0.717) is 22.7 Å². The van der Waals surface area contributed by atoms with Crippen molar-refractivity contribution in [2.45, 2.75) is 12.8 Å². The van der Waals surface area contributed by atoms with Gasteiger partial charge in [-0.2, -0.15) is 0 Å². The summed E-state index contributed by atoms with van der Waals surface area (Å²) in [4.78, 5) is 24.8. The number of ketones is 2. The van der Waals surface area contributed by atoms with Crippen molar-refractivity contribution in [2.24, 2.45) is 5.92 Å². The minimum Gasteiger partial charge on any atom is -0.381 e. The van der Waals surface area contributed by atoms with Gasteiger partial charge in [-0.25, -0.2) is 0 Å². The van der Waals surface area contributed by atoms with E-state index >= 15 is 0 Å². The van der Waals surface area contributed by atoms with E-state index in [2.05, 4.69) is 5.32 Å². The highest BCUT2D eigenvalue weighted by molar-refractivity contribution is 6.25. The van der Waals surface area contributed by atoms with Crippen LogP contribution in [0.1, 0.15) is 33.6 Å². The number of nitrogens with one attached hydrogen (secondary N) is 1. The molecule has 4 rings (SSSR count). The summed E-state index contributed by atoms with van der Waals surface area (Å²) >= 11 is 0. The maximum Gasteiger partial charge on any atom is 0.209 e. The number of carbonyl (C=O) groups is 2. The maximum absolute atomic E-state index is 12.6. The van der Waals surface area contributed by atoms with E-state index in [9.17, 15) is 9.59 Å². The molecular formula is C18H15NO2. The van der Waals surface area contributed by atoms with Crippen LogP contribution >= 0.6 is 0 Å². The van der Waals surface area contributed by atoms with Crippen LogP contribution in [0.3, 0.4) is 0 Å². The Kier molecular flexibility index (Phi) is 2.67. The number of Topliss-reactive ketones (excluding diaryl/α,β-unsaturated/α-hetero) is 1. The molecule has 2 aromatic rings. The number of allylic oxidation sites excluding steroid dienone is 2. The molecule has 0 radical (unpaired) electrons. The Hall–Kier alpha value is -2.42. The summed E-state index contributed by atoms with van der Waals surface area (Å²) in [6.07, 6.45) is 3.87. The second kappa shape index (κ2) is 4.55. The second-order valence-electron chi connectivity index (χ2n) is 5.82. The van der Waals surface area contributed by atoms with Crippen LogP contribution < -0.4 is 5.32 Å². The molecule has 2 aliphatic carbocycles. The molecule has 1 fully saturated rings. The monoisotopic (exact) mass is 277 g/mol. The molecule has 0 unspecified atom stereocenters. The van der Waals surface area contributed by atoms with Crippen molar-refractivity contribution < 1.29 is 9.59 Å². The van der Waals surface area contributed by atoms with Crippen LogP contribution in [-0.4, -0.2) is 18.1 Å². The zero-order chi connectivity index (χ0) is 14.4. The molecule has 0 atom stereocenters. The first-order valence-electron chi connectivity index (χ1n) is 7.30. The Morgan fingerprint density at radius 3 is 2.33 bits per heavy atom. The highest BCUT2D eigenvalue weighted by Gasteiger charge is 2.28. The highest BCUT2D eigenvalue weighted by Crippen LogP contribution is 2.29. The first-order valence-corrected chi connectivity index (χ1v) is 7.30. The van der Waals surface area contributed by atoms with E-state index < -0.39 is 0 Å². The van der Waals surface area contributed by atoms with E-state index in [1.807, 2.05) is 36.4 Å². The number of benzene rings is 2. The van der Waals surface area contributed by atoms with Gasteiger partial charge in [-0.15, -0.1) is 0 Å². The zero-order valence-corrected chi connectivity index (χ0v) is 11.6. The maximum atomic E-state index is 12.6. The van der Waals surface area contributed by atoms with E-state index in [1.165, 1.54) is 18.9 Å². The molecule has 2 aliphatic rings. The van der Waals surface area contributed by atoms with E-state index in [4.69, 9.17) is 0 Å². The molecular weight excluding hydrogens is 262 g/mol. The fourth-order valence-corrected chi connectivity index (χ4v) is 2.76. The number of hydrogen-bond acceptors (Lipinski definition) is 3. The lowest BCUT2D eigenvalue weighted by Gasteiger charge is -2.17. The first kappa shape index (κ1) is 12.3. The van der Waals surface area contributed by atoms with Crippen molar-refractivity contribution in [3.05, 3.63) is 59.3 Å². The molecule has 0 bridgehead atoms. The highest BCUT2D eigenvalue weighted by atomic mass is 16.1. The SMILES string of the molecule is O=C1C=C(NCC2CC2)C(=O)c2cc3ccccc3cc21. The standard InChI is InChI=1S/C18H15NO2/c20-17-9-16(19-10-11-5-6-11)18(21)15-8-13-4-2-1-3-12(13)7-14(15)17/h1-4,7-9,11,19H,5-6,10H2. The zero-order valence-electron chi connectivity index (χ0n) is 11.6. The number of carbonyl (C=O) groups excluding carboxylic acids is 2. The van der Waals surface area contributed by atoms with Crippen molar-refractivity contribution in [1.82, 2.24) is 5.32 Å². The summed E-state index contributed by atoms with van der Waals surface area (Å²) in [5, 5.41) is 5.12. The van der Waals surface area contributed by atoms with Gasteiger partial charge in [-0.3, -0.25) is 9.59 Å². The molecule has 1 saturated carbocycles. The minimum absolute atomic E-state index is 0.0731. The largest absolute Gasteiger partial charge is 0.381 e. The summed E-state index contributed by atoms with van der Waals surface area (Å²) in [7, 11) is 0. The lowest BCUT2D eigenvalue weighted by Crippen LogP contribution is -2.28. The molecule has 3 nitrogen and oxygen atoms in total. The Morgan fingerprint density at radius 1 is 1.00 bits per heavy atom. The summed E-state index contributed by atoms with van der Waals surface area (Å²) in [5.74, 6) is 0.497. The number of rotatable bonds is 3. The third kappa shape index (κ3) is 2.15. The Labute approximate surface area is 122 Å². The number of hydrogen-bond donors (Lipinski definition) is 1. The van der Waals surface area contributed by atoms with Crippen molar-refractivity contribution in [1.29, 1.82) is 0 Å². The van der Waals surface area contributed by atoms with E-state index in [-0.39, 0.29) is 11.6 Å². The predicted molar refractivity (Wildman–Crippen MR) is 81.4 cm³/mol. The molecule has 21 heavy (non-hydrogen) atoms. The van der Waals surface area contributed by atoms with Crippen molar-refractivity contribution in [2.75, 3.05) is 6.54 Å². The van der Waals surface area contributed by atoms with Gasteiger partial charge in [-0.05, 0) is 41.7 Å². The second-order valence-corrected chi connectivity index (χ2v) is 5.82. The molecule has 0 heterocycles. The van der Waals surface area contributed by atoms with E-state index in [1.54, 1.807) is 0 Å². The van der Waals surface area contributed by atoms with Gasteiger partial charge in [0.25, 0.3) is 0 Å². The molecule has 0 spiro atoms. The summed E-state index contributed by atoms with van der Waals surface area (Å²) in [5.41, 5.74) is 1.46. The molecule has 1 N–H and O–H groups in total. The van der Waals surface area contributed by atoms with Gasteiger partial charge in [0.15, 0.2) is 5.78 Å². The normalized spacial score (nSPS) is 17.6. The lowest BCUT2D eigenvalue weighted by molar-refractivity contribution is 0.0978. The molecule has 0 aromatic heterocycles. The fraction of sp³-hybridized carbons (Fsp3) is 0.222. The van der Waals surface area contributed by atoms with Gasteiger partial charge in [0.2, 0.25) is 5.78 Å². The molecule has 3 heteroatoms. The van der Waals surface area contributed by atoms with Crippen LogP contribution in [0.15, 0.2) is 48.2 Å². The Morgan fingerprint density at radius 2 is 1.67 bits per heavy atom. The summed E-state index contributed by atoms with van der Waals surface area (Å²) < 4.78 is 0. The van der Waals surface area contributed by atoms with Crippen molar-refractivity contribution in [3.63, 3.8) is 0 Å². The Balaban J connectivity index is 1.75.